The number of ether oxygens (including phenoxy) is 3. The van der Waals surface area contributed by atoms with Crippen molar-refractivity contribution >= 4 is 33.4 Å². The van der Waals surface area contributed by atoms with Gasteiger partial charge in [0.1, 0.15) is 12.3 Å². The van der Waals surface area contributed by atoms with Gasteiger partial charge in [-0.25, -0.2) is 13.2 Å². The van der Waals surface area contributed by atoms with Gasteiger partial charge in [-0.3, -0.25) is 13.9 Å². The largest absolute Gasteiger partial charge is 0.480 e. The molecule has 0 saturated carbocycles. The summed E-state index contributed by atoms with van der Waals surface area (Å²) in [4.78, 5) is 35.4. The molecule has 0 amide bonds. The normalized spacial score (nSPS) is 10.9. The molecule has 0 saturated heterocycles. The SMILES string of the molecule is CCOC(=O)COc1ccc(C(=O)CN)cc1N(CC(=O)OCC)S(C)(=O)=O. The third kappa shape index (κ3) is 6.82. The van der Waals surface area contributed by atoms with Crippen molar-refractivity contribution in [3.8, 4) is 5.75 Å². The van der Waals surface area contributed by atoms with Crippen LogP contribution >= 0.6 is 0 Å². The van der Waals surface area contributed by atoms with Crippen molar-refractivity contribution in [1.82, 2.24) is 0 Å². The maximum Gasteiger partial charge on any atom is 0.344 e. The Morgan fingerprint density at radius 1 is 1.07 bits per heavy atom. The van der Waals surface area contributed by atoms with Crippen LogP contribution in [0, 0.1) is 0 Å². The highest BCUT2D eigenvalue weighted by Gasteiger charge is 2.26. The number of Topliss-reactive ketones (excluding diaryl/α,β-unsaturated/α-hetero) is 1. The third-order valence-electron chi connectivity index (χ3n) is 3.36. The van der Waals surface area contributed by atoms with E-state index < -0.39 is 40.9 Å². The van der Waals surface area contributed by atoms with Gasteiger partial charge in [0.05, 0.1) is 31.7 Å². The van der Waals surface area contributed by atoms with Crippen LogP contribution in [-0.2, 0) is 29.1 Å². The van der Waals surface area contributed by atoms with Crippen LogP contribution in [0.1, 0.15) is 24.2 Å². The zero-order valence-corrected chi connectivity index (χ0v) is 16.8. The van der Waals surface area contributed by atoms with Crippen molar-refractivity contribution in [2.24, 2.45) is 5.73 Å². The van der Waals surface area contributed by atoms with Gasteiger partial charge in [0.15, 0.2) is 12.4 Å². The van der Waals surface area contributed by atoms with E-state index >= 15 is 0 Å². The second kappa shape index (κ2) is 10.6. The smallest absolute Gasteiger partial charge is 0.344 e. The highest BCUT2D eigenvalue weighted by Crippen LogP contribution is 2.31. The quantitative estimate of drug-likeness (QED) is 0.392. The molecule has 1 rings (SSSR count). The van der Waals surface area contributed by atoms with Gasteiger partial charge < -0.3 is 19.9 Å². The second-order valence-corrected chi connectivity index (χ2v) is 7.38. The highest BCUT2D eigenvalue weighted by atomic mass is 32.2. The van der Waals surface area contributed by atoms with Gasteiger partial charge in [-0.15, -0.1) is 0 Å². The predicted octanol–water partition coefficient (Wildman–Crippen LogP) is 0.0990. The van der Waals surface area contributed by atoms with Gasteiger partial charge >= 0.3 is 11.9 Å². The van der Waals surface area contributed by atoms with Crippen molar-refractivity contribution in [3.05, 3.63) is 23.8 Å². The monoisotopic (exact) mass is 416 g/mol. The lowest BCUT2D eigenvalue weighted by Crippen LogP contribution is -2.36. The zero-order chi connectivity index (χ0) is 21.3. The maximum absolute atomic E-state index is 12.3. The van der Waals surface area contributed by atoms with Crippen LogP contribution in [0.25, 0.3) is 0 Å². The Morgan fingerprint density at radius 3 is 2.21 bits per heavy atom. The minimum atomic E-state index is -3.96. The summed E-state index contributed by atoms with van der Waals surface area (Å²) in [6, 6.07) is 3.93. The Morgan fingerprint density at radius 2 is 1.68 bits per heavy atom. The molecule has 0 bridgehead atoms. The molecule has 0 unspecified atom stereocenters. The molecular weight excluding hydrogens is 392 g/mol. The molecule has 10 nitrogen and oxygen atoms in total. The number of anilines is 1. The number of nitrogens with zero attached hydrogens (tertiary/aromatic N) is 1. The van der Waals surface area contributed by atoms with E-state index in [9.17, 15) is 22.8 Å². The molecule has 0 radical (unpaired) electrons. The lowest BCUT2D eigenvalue weighted by Gasteiger charge is -2.24. The van der Waals surface area contributed by atoms with E-state index in [-0.39, 0.29) is 36.8 Å². The molecule has 0 aromatic heterocycles. The fourth-order valence-corrected chi connectivity index (χ4v) is 3.01. The molecule has 2 N–H and O–H groups in total. The minimum Gasteiger partial charge on any atom is -0.480 e. The van der Waals surface area contributed by atoms with E-state index in [2.05, 4.69) is 0 Å². The summed E-state index contributed by atoms with van der Waals surface area (Å²) in [5.41, 5.74) is 5.38. The van der Waals surface area contributed by atoms with E-state index in [1.54, 1.807) is 13.8 Å². The maximum atomic E-state index is 12.3. The van der Waals surface area contributed by atoms with Crippen LogP contribution in [-0.4, -0.2) is 65.3 Å². The van der Waals surface area contributed by atoms with Crippen LogP contribution in [0.2, 0.25) is 0 Å². The first-order chi connectivity index (χ1) is 13.1. The molecule has 0 spiro atoms. The van der Waals surface area contributed by atoms with Crippen molar-refractivity contribution < 1.29 is 37.0 Å². The molecule has 0 heterocycles. The summed E-state index contributed by atoms with van der Waals surface area (Å²) in [5, 5.41) is 0. The van der Waals surface area contributed by atoms with Crippen molar-refractivity contribution in [2.75, 3.05) is 43.5 Å². The number of benzene rings is 1. The number of nitrogens with two attached hydrogens (primary N) is 1. The molecule has 0 atom stereocenters. The van der Waals surface area contributed by atoms with Crippen LogP contribution in [0.3, 0.4) is 0 Å². The molecule has 0 aliphatic rings. The van der Waals surface area contributed by atoms with Crippen LogP contribution < -0.4 is 14.8 Å². The Bertz CT molecular complexity index is 822. The molecule has 1 aromatic carbocycles. The van der Waals surface area contributed by atoms with Crippen LogP contribution in [0.4, 0.5) is 5.69 Å². The summed E-state index contributed by atoms with van der Waals surface area (Å²) in [6.45, 7) is 2.01. The summed E-state index contributed by atoms with van der Waals surface area (Å²) < 4.78 is 40.2. The summed E-state index contributed by atoms with van der Waals surface area (Å²) in [5.74, 6) is -1.93. The molecular formula is C17H24N2O8S. The van der Waals surface area contributed by atoms with E-state index in [0.29, 0.717) is 0 Å². The zero-order valence-electron chi connectivity index (χ0n) is 16.0. The number of carbonyl (C=O) groups is 3. The van der Waals surface area contributed by atoms with Gasteiger partial charge in [0.2, 0.25) is 10.0 Å². The number of hydrogen-bond donors (Lipinski definition) is 1. The number of hydrogen-bond acceptors (Lipinski definition) is 9. The first-order valence-corrected chi connectivity index (χ1v) is 10.3. The fraction of sp³-hybridized carbons (Fsp3) is 0.471. The minimum absolute atomic E-state index is 0.0312. The van der Waals surface area contributed by atoms with Crippen LogP contribution in [0.5, 0.6) is 5.75 Å². The summed E-state index contributed by atoms with van der Waals surface area (Å²) in [7, 11) is -3.96. The van der Waals surface area contributed by atoms with E-state index in [4.69, 9.17) is 19.9 Å². The van der Waals surface area contributed by atoms with E-state index in [1.807, 2.05) is 0 Å². The first kappa shape index (κ1) is 23.4. The lowest BCUT2D eigenvalue weighted by molar-refractivity contribution is -0.145. The Kier molecular flexibility index (Phi) is 8.86. The Hall–Kier alpha value is -2.66. The lowest BCUT2D eigenvalue weighted by atomic mass is 10.1. The van der Waals surface area contributed by atoms with Crippen molar-refractivity contribution in [3.63, 3.8) is 0 Å². The molecule has 156 valence electrons. The van der Waals surface area contributed by atoms with Gasteiger partial charge in [-0.1, -0.05) is 0 Å². The number of carbonyl (C=O) groups excluding carboxylic acids is 3. The van der Waals surface area contributed by atoms with Crippen molar-refractivity contribution in [1.29, 1.82) is 0 Å². The van der Waals surface area contributed by atoms with Gasteiger partial charge in [0, 0.05) is 5.56 Å². The second-order valence-electron chi connectivity index (χ2n) is 5.48. The molecule has 28 heavy (non-hydrogen) atoms. The van der Waals surface area contributed by atoms with E-state index in [0.717, 1.165) is 10.6 Å². The number of sulfonamides is 1. The molecule has 11 heteroatoms. The van der Waals surface area contributed by atoms with Gasteiger partial charge in [0.25, 0.3) is 0 Å². The fourth-order valence-electron chi connectivity index (χ4n) is 2.17. The molecule has 0 fully saturated rings. The first-order valence-electron chi connectivity index (χ1n) is 8.43. The number of rotatable bonds is 11. The molecule has 0 aliphatic carbocycles. The number of esters is 2. The summed E-state index contributed by atoms with van der Waals surface area (Å²) >= 11 is 0. The third-order valence-corrected chi connectivity index (χ3v) is 4.49. The number of ketones is 1. The Labute approximate surface area is 163 Å². The highest BCUT2D eigenvalue weighted by molar-refractivity contribution is 7.92. The average Bonchev–Trinajstić information content (AvgIpc) is 2.63. The summed E-state index contributed by atoms with van der Waals surface area (Å²) in [6.07, 6.45) is 0.888. The van der Waals surface area contributed by atoms with Crippen LogP contribution in [0.15, 0.2) is 18.2 Å². The van der Waals surface area contributed by atoms with E-state index in [1.165, 1.54) is 18.2 Å². The van der Waals surface area contributed by atoms with Crippen molar-refractivity contribution in [2.45, 2.75) is 13.8 Å². The van der Waals surface area contributed by atoms with Gasteiger partial charge in [-0.2, -0.15) is 0 Å². The molecule has 0 aliphatic heterocycles. The standard InChI is InChI=1S/C17H24N2O8S/c1-4-25-16(21)10-19(28(3,23)24)13-8-12(14(20)9-18)6-7-15(13)27-11-17(22)26-5-2/h6-8H,4-5,9-11,18H2,1-3H3. The van der Waals surface area contributed by atoms with Gasteiger partial charge in [-0.05, 0) is 32.0 Å². The Balaban J connectivity index is 3.38. The topological polar surface area (TPSA) is 142 Å². The average molecular weight is 416 g/mol. The predicted molar refractivity (Wildman–Crippen MR) is 101 cm³/mol. The molecule has 1 aromatic rings.